The van der Waals surface area contributed by atoms with E-state index in [-0.39, 0.29) is 34.2 Å². The van der Waals surface area contributed by atoms with Gasteiger partial charge < -0.3 is 41.6 Å². The second-order valence-electron chi connectivity index (χ2n) is 10.4. The van der Waals surface area contributed by atoms with E-state index >= 15 is 0 Å². The number of aliphatic hydroxyl groups is 1. The number of aromatic nitrogens is 8. The van der Waals surface area contributed by atoms with E-state index in [1.54, 1.807) is 0 Å². The average Bonchev–Trinajstić information content (AvgIpc) is 3.72. The fourth-order valence-corrected chi connectivity index (χ4v) is 7.40. The maximum Gasteiger partial charge on any atom is 0.472 e. The van der Waals surface area contributed by atoms with Gasteiger partial charge in [0.1, 0.15) is 30.5 Å². The van der Waals surface area contributed by atoms with Crippen LogP contribution in [-0.4, -0.2) is 104 Å². The molecule has 0 spiro atoms. The maximum absolute atomic E-state index is 13.1. The summed E-state index contributed by atoms with van der Waals surface area (Å²) < 4.78 is 61.2. The van der Waals surface area contributed by atoms with Crippen LogP contribution in [0.5, 0.6) is 0 Å². The topological polar surface area (TPSA) is 355 Å². The molecule has 0 amide bonds. The molecule has 3 fully saturated rings. The number of anilines is 2. The van der Waals surface area contributed by atoms with Gasteiger partial charge in [0.2, 0.25) is 11.9 Å². The van der Waals surface area contributed by atoms with Crippen LogP contribution in [0.2, 0.25) is 0 Å². The van der Waals surface area contributed by atoms with Gasteiger partial charge in [-0.2, -0.15) is 9.97 Å². The zero-order valence-corrected chi connectivity index (χ0v) is 24.7. The molecule has 4 aromatic rings. The molecule has 0 bridgehead atoms. The Bertz CT molecular complexity index is 1900. The number of nitrogens with one attached hydrogen (secondary N) is 2. The Hall–Kier alpha value is -3.64. The fourth-order valence-electron chi connectivity index (χ4n) is 5.46. The van der Waals surface area contributed by atoms with Gasteiger partial charge in [0.25, 0.3) is 11.1 Å². The van der Waals surface area contributed by atoms with Crippen molar-refractivity contribution in [1.82, 2.24) is 39.0 Å². The van der Waals surface area contributed by atoms with Crippen LogP contribution in [0.15, 0.2) is 22.2 Å². The second-order valence-corrected chi connectivity index (χ2v) is 13.2. The van der Waals surface area contributed by atoms with Gasteiger partial charge in [0, 0.05) is 0 Å². The Morgan fingerprint density at radius 2 is 1.26 bits per heavy atom. The number of fused-ring (bicyclic) bond motifs is 4. The molecule has 0 saturated carbocycles. The Balaban J connectivity index is 1.18. The Labute approximate surface area is 253 Å². The Morgan fingerprint density at radius 3 is 1.80 bits per heavy atom. The number of imidazole rings is 2. The maximum atomic E-state index is 13.1. The van der Waals surface area contributed by atoms with Gasteiger partial charge in [0.15, 0.2) is 34.8 Å². The molecule has 3 aliphatic heterocycles. The lowest BCUT2D eigenvalue weighted by molar-refractivity contribution is -0.0662. The van der Waals surface area contributed by atoms with Crippen molar-refractivity contribution in [2.45, 2.75) is 49.0 Å². The average molecular weight is 689 g/mol. The van der Waals surface area contributed by atoms with Gasteiger partial charge in [-0.05, 0) is 0 Å². The third kappa shape index (κ3) is 5.33. The predicted molar refractivity (Wildman–Crippen MR) is 148 cm³/mol. The highest BCUT2D eigenvalue weighted by Crippen LogP contribution is 2.53. The number of rotatable bonds is 2. The van der Waals surface area contributed by atoms with Crippen LogP contribution in [-0.2, 0) is 36.7 Å². The molecule has 10 unspecified atom stereocenters. The highest BCUT2D eigenvalue weighted by molar-refractivity contribution is 7.47. The van der Waals surface area contributed by atoms with E-state index in [4.69, 9.17) is 44.8 Å². The van der Waals surface area contributed by atoms with Crippen molar-refractivity contribution in [1.29, 1.82) is 0 Å². The minimum atomic E-state index is -5.06. The van der Waals surface area contributed by atoms with E-state index in [9.17, 15) is 33.6 Å². The molecule has 3 saturated heterocycles. The Morgan fingerprint density at radius 1 is 0.804 bits per heavy atom. The van der Waals surface area contributed by atoms with Gasteiger partial charge in [-0.3, -0.25) is 46.8 Å². The first-order chi connectivity index (χ1) is 21.7. The van der Waals surface area contributed by atoms with Gasteiger partial charge in [-0.15, -0.1) is 0 Å². The zero-order valence-electron chi connectivity index (χ0n) is 22.9. The molecule has 3 aliphatic rings. The number of hydrogen-bond acceptors (Lipinski definition) is 18. The predicted octanol–water partition coefficient (Wildman–Crippen LogP) is -3.08. The van der Waals surface area contributed by atoms with Crippen LogP contribution in [0, 0.1) is 0 Å². The van der Waals surface area contributed by atoms with E-state index < -0.39 is 89.0 Å². The van der Waals surface area contributed by atoms with Crippen molar-refractivity contribution in [3.63, 3.8) is 0 Å². The summed E-state index contributed by atoms with van der Waals surface area (Å²) in [4.78, 5) is 66.2. The van der Waals surface area contributed by atoms with Crippen molar-refractivity contribution in [2.75, 3.05) is 24.7 Å². The second kappa shape index (κ2) is 11.0. The number of nitrogens with two attached hydrogens (primary N) is 3. The van der Waals surface area contributed by atoms with Crippen molar-refractivity contribution in [2.24, 2.45) is 5.73 Å². The summed E-state index contributed by atoms with van der Waals surface area (Å²) in [5.74, 6) is -0.510. The summed E-state index contributed by atoms with van der Waals surface area (Å²) in [6.07, 6.45) is -8.33. The molecule has 0 radical (unpaired) electrons. The molecule has 46 heavy (non-hydrogen) atoms. The summed E-state index contributed by atoms with van der Waals surface area (Å²) in [6.45, 7) is -1.62. The van der Waals surface area contributed by atoms with E-state index in [0.29, 0.717) is 0 Å². The van der Waals surface area contributed by atoms with Gasteiger partial charge in [-0.25, -0.2) is 19.1 Å². The van der Waals surface area contributed by atoms with Crippen LogP contribution >= 0.6 is 15.6 Å². The lowest BCUT2D eigenvalue weighted by Crippen LogP contribution is -2.42. The first-order valence-electron chi connectivity index (χ1n) is 13.2. The number of nitrogen functional groups attached to an aromatic ring is 2. The van der Waals surface area contributed by atoms with E-state index in [2.05, 4.69) is 29.9 Å². The molecule has 4 aromatic heterocycles. The summed E-state index contributed by atoms with van der Waals surface area (Å²) in [7, 11) is -10.1. The van der Waals surface area contributed by atoms with Crippen molar-refractivity contribution in [3.05, 3.63) is 33.4 Å². The minimum absolute atomic E-state index is 0.0405. The van der Waals surface area contributed by atoms with Crippen LogP contribution in [0.1, 0.15) is 12.5 Å². The molecule has 0 aliphatic carbocycles. The molecule has 0 aromatic carbocycles. The third-order valence-electron chi connectivity index (χ3n) is 7.46. The number of ether oxygens (including phenoxy) is 2. The molecule has 7 heterocycles. The molecular weight excluding hydrogens is 664 g/mol. The van der Waals surface area contributed by atoms with E-state index in [1.165, 1.54) is 10.9 Å². The third-order valence-corrected chi connectivity index (χ3v) is 9.43. The SMILES string of the molecule is Nc1nc2c(ncn2C2OC3COP(=O)(O)OC4C(COP(=O)(O)OC3C2N)OC(n2cnc3c(=O)[nH]c(N)nc32)C4O)c(=O)[nH]1. The number of phosphoric acid groups is 2. The molecule has 248 valence electrons. The molecule has 11 N–H and O–H groups in total. The van der Waals surface area contributed by atoms with Crippen molar-refractivity contribution >= 4 is 49.9 Å². The van der Waals surface area contributed by atoms with Crippen LogP contribution < -0.4 is 28.3 Å². The van der Waals surface area contributed by atoms with E-state index in [1.807, 2.05) is 0 Å². The quantitative estimate of drug-likeness (QED) is 0.0967. The van der Waals surface area contributed by atoms with Crippen LogP contribution in [0.4, 0.5) is 11.9 Å². The van der Waals surface area contributed by atoms with E-state index in [0.717, 1.165) is 10.9 Å². The molecule has 10 atom stereocenters. The minimum Gasteiger partial charge on any atom is -0.386 e. The van der Waals surface area contributed by atoms with Crippen LogP contribution in [0.3, 0.4) is 0 Å². The Kier molecular flexibility index (Phi) is 7.39. The highest BCUT2D eigenvalue weighted by Gasteiger charge is 2.53. The highest BCUT2D eigenvalue weighted by atomic mass is 31.2. The van der Waals surface area contributed by atoms with Crippen LogP contribution in [0.25, 0.3) is 22.3 Å². The lowest BCUT2D eigenvalue weighted by atomic mass is 10.1. The van der Waals surface area contributed by atoms with Gasteiger partial charge in [-0.1, -0.05) is 0 Å². The van der Waals surface area contributed by atoms with Gasteiger partial charge in [0.05, 0.1) is 31.9 Å². The summed E-state index contributed by atoms with van der Waals surface area (Å²) in [6, 6.07) is -1.29. The molecule has 26 heteroatoms. The number of phosphoric ester groups is 2. The van der Waals surface area contributed by atoms with Gasteiger partial charge >= 0.3 is 15.6 Å². The number of nitrogens with zero attached hydrogens (tertiary/aromatic N) is 6. The lowest BCUT2D eigenvalue weighted by Gasteiger charge is -2.28. The first-order valence-corrected chi connectivity index (χ1v) is 16.2. The summed E-state index contributed by atoms with van der Waals surface area (Å²) in [5, 5.41) is 11.1. The fraction of sp³-hybridized carbons (Fsp3) is 0.500. The number of H-pyrrole nitrogens is 2. The number of aromatic amines is 2. The normalized spacial score (nSPS) is 37.1. The number of aliphatic hydroxyl groups excluding tert-OH is 1. The largest absolute Gasteiger partial charge is 0.472 e. The molecule has 24 nitrogen and oxygen atoms in total. The smallest absolute Gasteiger partial charge is 0.386 e. The number of hydrogen-bond donors (Lipinski definition) is 8. The van der Waals surface area contributed by atoms with Crippen molar-refractivity contribution in [3.8, 4) is 0 Å². The zero-order chi connectivity index (χ0) is 32.7. The van der Waals surface area contributed by atoms with Crippen molar-refractivity contribution < 1.29 is 51.6 Å². The molecular formula is C20H25N11O13P2. The monoisotopic (exact) mass is 689 g/mol. The first kappa shape index (κ1) is 31.0. The summed E-state index contributed by atoms with van der Waals surface area (Å²) in [5.41, 5.74) is 15.9. The molecule has 7 rings (SSSR count). The standard InChI is InChI=1S/C20H25N11O13P2/c21-7-11-5(41-17(7)30-3-24-8-13(30)26-19(22)28-15(8)33)1-39-46(37,38)44-12-6(2-40-45(35,36)43-11)42-18(10(12)32)31-4-25-9-14(31)27-20(23)29-16(9)34/h3-7,10-12,17-18,32H,1-2,21H2,(H,35,36)(H,37,38)(H3,22,26,28,33)(H3,23,27,29,34). The summed E-state index contributed by atoms with van der Waals surface area (Å²) >= 11 is 0.